The number of para-hydroxylation sites is 2. The molecule has 30 heavy (non-hydrogen) atoms. The third-order valence-corrected chi connectivity index (χ3v) is 6.28. The molecule has 3 N–H and O–H groups in total. The number of benzene rings is 3. The Morgan fingerprint density at radius 3 is 2.00 bits per heavy atom. The largest absolute Gasteiger partial charge is 0.505 e. The van der Waals surface area contributed by atoms with E-state index in [4.69, 9.17) is 29.0 Å². The van der Waals surface area contributed by atoms with Gasteiger partial charge in [-0.3, -0.25) is 9.59 Å². The Balaban J connectivity index is 1.62. The summed E-state index contributed by atoms with van der Waals surface area (Å²) in [4.78, 5) is 29.4. The number of nitrogens with zero attached hydrogens (tertiary/aromatic N) is 2. The van der Waals surface area contributed by atoms with Crippen LogP contribution in [0.2, 0.25) is 10.0 Å². The Bertz CT molecular complexity index is 1100. The zero-order valence-electron chi connectivity index (χ0n) is 15.4. The van der Waals surface area contributed by atoms with Crippen LogP contribution in [-0.4, -0.2) is 28.5 Å². The number of phenolic OH excluding ortho intramolecular Hbond substituents is 1. The highest BCUT2D eigenvalue weighted by Crippen LogP contribution is 2.47. The smallest absolute Gasteiger partial charge is 0.275 e. The van der Waals surface area contributed by atoms with Crippen LogP contribution in [0.1, 0.15) is 10.4 Å². The lowest BCUT2D eigenvalue weighted by Crippen LogP contribution is -2.47. The van der Waals surface area contributed by atoms with E-state index in [1.165, 1.54) is 12.1 Å². The van der Waals surface area contributed by atoms with Gasteiger partial charge in [-0.15, -0.1) is 0 Å². The van der Waals surface area contributed by atoms with Crippen LogP contribution in [0, 0.1) is 0 Å². The SMILES string of the molecule is NN(C(=O)CN1c2ccccc2Sc2ccccc21)C(=O)c1cc(Cl)c(O)c(Cl)c1. The normalized spacial score (nSPS) is 12.2. The lowest BCUT2D eigenvalue weighted by Gasteiger charge is -2.32. The molecule has 0 spiro atoms. The van der Waals surface area contributed by atoms with E-state index in [1.54, 1.807) is 11.8 Å². The molecule has 6 nitrogen and oxygen atoms in total. The Kier molecular flexibility index (Phi) is 5.62. The van der Waals surface area contributed by atoms with E-state index in [0.29, 0.717) is 5.01 Å². The molecule has 0 saturated carbocycles. The minimum absolute atomic E-state index is 0.00588. The average molecular weight is 460 g/mol. The fourth-order valence-electron chi connectivity index (χ4n) is 3.10. The number of amides is 2. The molecule has 3 aromatic rings. The fraction of sp³-hybridized carbons (Fsp3) is 0.0476. The second-order valence-electron chi connectivity index (χ2n) is 6.48. The molecule has 0 aliphatic carbocycles. The summed E-state index contributed by atoms with van der Waals surface area (Å²) >= 11 is 13.4. The van der Waals surface area contributed by atoms with Gasteiger partial charge < -0.3 is 10.0 Å². The van der Waals surface area contributed by atoms with Crippen LogP contribution >= 0.6 is 35.0 Å². The molecule has 4 rings (SSSR count). The van der Waals surface area contributed by atoms with Crippen molar-refractivity contribution in [3.05, 3.63) is 76.3 Å². The number of hydrazine groups is 1. The van der Waals surface area contributed by atoms with Gasteiger partial charge in [-0.05, 0) is 36.4 Å². The van der Waals surface area contributed by atoms with Crippen molar-refractivity contribution in [1.29, 1.82) is 0 Å². The molecule has 0 aromatic heterocycles. The average Bonchev–Trinajstić information content (AvgIpc) is 2.75. The second kappa shape index (κ2) is 8.20. The van der Waals surface area contributed by atoms with Crippen LogP contribution in [0.3, 0.4) is 0 Å². The quantitative estimate of drug-likeness (QED) is 0.330. The lowest BCUT2D eigenvalue weighted by atomic mass is 10.2. The zero-order valence-corrected chi connectivity index (χ0v) is 17.7. The van der Waals surface area contributed by atoms with Gasteiger partial charge in [-0.1, -0.05) is 59.2 Å². The van der Waals surface area contributed by atoms with Crippen molar-refractivity contribution >= 4 is 58.2 Å². The monoisotopic (exact) mass is 459 g/mol. The molecule has 1 aliphatic rings. The van der Waals surface area contributed by atoms with E-state index in [1.807, 2.05) is 53.4 Å². The van der Waals surface area contributed by atoms with Gasteiger partial charge in [-0.2, -0.15) is 0 Å². The molecular weight excluding hydrogens is 445 g/mol. The van der Waals surface area contributed by atoms with Crippen LogP contribution in [0.15, 0.2) is 70.5 Å². The number of nitrogens with two attached hydrogens (primary N) is 1. The summed E-state index contributed by atoms with van der Waals surface area (Å²) < 4.78 is 0. The molecule has 0 saturated heterocycles. The maximum Gasteiger partial charge on any atom is 0.275 e. The molecule has 0 unspecified atom stereocenters. The number of carbonyl (C=O) groups is 2. The molecule has 0 fully saturated rings. The number of hydrogen-bond acceptors (Lipinski definition) is 6. The highest BCUT2D eigenvalue weighted by molar-refractivity contribution is 7.99. The lowest BCUT2D eigenvalue weighted by molar-refractivity contribution is -0.127. The number of imide groups is 1. The van der Waals surface area contributed by atoms with Crippen molar-refractivity contribution in [1.82, 2.24) is 5.01 Å². The van der Waals surface area contributed by atoms with Crippen molar-refractivity contribution in [3.63, 3.8) is 0 Å². The van der Waals surface area contributed by atoms with Gasteiger partial charge in [-0.25, -0.2) is 10.9 Å². The molecule has 3 aromatic carbocycles. The molecule has 1 heterocycles. The van der Waals surface area contributed by atoms with E-state index >= 15 is 0 Å². The first-order valence-electron chi connectivity index (χ1n) is 8.80. The number of rotatable bonds is 3. The summed E-state index contributed by atoms with van der Waals surface area (Å²) in [7, 11) is 0. The van der Waals surface area contributed by atoms with E-state index in [-0.39, 0.29) is 27.9 Å². The summed E-state index contributed by atoms with van der Waals surface area (Å²) in [6.07, 6.45) is 0. The highest BCUT2D eigenvalue weighted by Gasteiger charge is 2.28. The molecule has 9 heteroatoms. The van der Waals surface area contributed by atoms with Crippen LogP contribution in [0.4, 0.5) is 11.4 Å². The van der Waals surface area contributed by atoms with Crippen molar-refractivity contribution in [2.75, 3.05) is 11.4 Å². The molecule has 0 radical (unpaired) electrons. The third-order valence-electron chi connectivity index (χ3n) is 4.58. The van der Waals surface area contributed by atoms with Crippen LogP contribution in [-0.2, 0) is 4.79 Å². The zero-order chi connectivity index (χ0) is 21.4. The van der Waals surface area contributed by atoms with Crippen molar-refractivity contribution in [2.45, 2.75) is 9.79 Å². The minimum atomic E-state index is -0.781. The van der Waals surface area contributed by atoms with E-state index in [2.05, 4.69) is 0 Å². The standard InChI is InChI=1S/C21H15Cl2N3O3S/c22-13-9-12(10-14(23)20(13)28)21(29)26(24)19(27)11-25-15-5-1-3-7-17(15)30-18-8-4-2-6-16(18)25/h1-10,28H,11,24H2. The van der Waals surface area contributed by atoms with E-state index in [0.717, 1.165) is 21.2 Å². The van der Waals surface area contributed by atoms with Gasteiger partial charge in [0.2, 0.25) is 0 Å². The number of fused-ring (bicyclic) bond motifs is 2. The van der Waals surface area contributed by atoms with Crippen molar-refractivity contribution < 1.29 is 14.7 Å². The number of anilines is 2. The van der Waals surface area contributed by atoms with E-state index in [9.17, 15) is 14.7 Å². The fourth-order valence-corrected chi connectivity index (χ4v) is 4.69. The van der Waals surface area contributed by atoms with Gasteiger partial charge in [0.25, 0.3) is 11.8 Å². The van der Waals surface area contributed by atoms with Gasteiger partial charge in [0.05, 0.1) is 21.4 Å². The number of halogens is 2. The van der Waals surface area contributed by atoms with Gasteiger partial charge in [0.15, 0.2) is 5.75 Å². The first kappa shape index (κ1) is 20.6. The highest BCUT2D eigenvalue weighted by atomic mass is 35.5. The number of aromatic hydroxyl groups is 1. The second-order valence-corrected chi connectivity index (χ2v) is 8.38. The van der Waals surface area contributed by atoms with Crippen LogP contribution in [0.25, 0.3) is 0 Å². The van der Waals surface area contributed by atoms with Crippen LogP contribution in [0.5, 0.6) is 5.75 Å². The van der Waals surface area contributed by atoms with E-state index < -0.39 is 11.8 Å². The van der Waals surface area contributed by atoms with Crippen molar-refractivity contribution in [2.24, 2.45) is 5.84 Å². The number of hydrogen-bond donors (Lipinski definition) is 2. The maximum atomic E-state index is 12.9. The van der Waals surface area contributed by atoms with Gasteiger partial charge in [0.1, 0.15) is 6.54 Å². The summed E-state index contributed by atoms with van der Waals surface area (Å²) in [6.45, 7) is -0.142. The third kappa shape index (κ3) is 3.73. The van der Waals surface area contributed by atoms with Gasteiger partial charge >= 0.3 is 0 Å². The molecule has 0 bridgehead atoms. The summed E-state index contributed by atoms with van der Waals surface area (Å²) in [5.74, 6) is 4.10. The number of carbonyl (C=O) groups excluding carboxylic acids is 2. The predicted octanol–water partition coefficient (Wildman–Crippen LogP) is 4.84. The number of phenols is 1. The predicted molar refractivity (Wildman–Crippen MR) is 118 cm³/mol. The van der Waals surface area contributed by atoms with Crippen molar-refractivity contribution in [3.8, 4) is 5.75 Å². The Morgan fingerprint density at radius 2 is 1.47 bits per heavy atom. The molecule has 1 aliphatic heterocycles. The summed E-state index contributed by atoms with van der Waals surface area (Å²) in [5, 5.41) is 9.98. The first-order chi connectivity index (χ1) is 14.4. The topological polar surface area (TPSA) is 86.9 Å². The molecule has 152 valence electrons. The van der Waals surface area contributed by atoms with Gasteiger partial charge in [0, 0.05) is 15.4 Å². The Morgan fingerprint density at radius 1 is 0.967 bits per heavy atom. The first-order valence-corrected chi connectivity index (χ1v) is 10.4. The minimum Gasteiger partial charge on any atom is -0.505 e. The Hall–Kier alpha value is -2.71. The summed E-state index contributed by atoms with van der Waals surface area (Å²) in [6, 6.07) is 17.8. The molecule has 0 atom stereocenters. The van der Waals surface area contributed by atoms with Crippen LogP contribution < -0.4 is 10.7 Å². The maximum absolute atomic E-state index is 12.9. The summed E-state index contributed by atoms with van der Waals surface area (Å²) in [5.41, 5.74) is 1.70. The Labute approximate surface area is 186 Å². The molecule has 2 amide bonds. The molecular formula is C21H15Cl2N3O3S.